The summed E-state index contributed by atoms with van der Waals surface area (Å²) < 4.78 is 22.3. The molecule has 0 spiro atoms. The van der Waals surface area contributed by atoms with Crippen LogP contribution in [-0.4, -0.2) is 18.3 Å². The lowest BCUT2D eigenvalue weighted by atomic mass is 9.99. The van der Waals surface area contributed by atoms with Gasteiger partial charge in [0.1, 0.15) is 3.66 Å². The van der Waals surface area contributed by atoms with Gasteiger partial charge in [-0.25, -0.2) is 8.42 Å². The van der Waals surface area contributed by atoms with E-state index in [0.717, 1.165) is 11.1 Å². The zero-order valence-electron chi connectivity index (χ0n) is 9.43. The van der Waals surface area contributed by atoms with E-state index in [1.54, 1.807) is 6.08 Å². The molecule has 0 radical (unpaired) electrons. The molecule has 2 nitrogen and oxygen atoms in total. The van der Waals surface area contributed by atoms with Crippen LogP contribution in [0, 0.1) is 0 Å². The van der Waals surface area contributed by atoms with Gasteiger partial charge in [-0.3, -0.25) is 0 Å². The molecule has 0 fully saturated rings. The van der Waals surface area contributed by atoms with Crippen LogP contribution in [0.1, 0.15) is 12.0 Å². The van der Waals surface area contributed by atoms with Crippen LogP contribution in [0.3, 0.4) is 0 Å². The molecular formula is C13H13BrO2S. The van der Waals surface area contributed by atoms with Crippen molar-refractivity contribution in [1.29, 1.82) is 0 Å². The molecule has 1 aromatic carbocycles. The van der Waals surface area contributed by atoms with Gasteiger partial charge < -0.3 is 0 Å². The van der Waals surface area contributed by atoms with Gasteiger partial charge in [0.05, 0.1) is 0 Å². The first-order valence-corrected chi connectivity index (χ1v) is 7.94. The molecule has 0 amide bonds. The number of sulfone groups is 1. The van der Waals surface area contributed by atoms with E-state index in [-0.39, 0.29) is 0 Å². The molecule has 1 aliphatic carbocycles. The fourth-order valence-corrected chi connectivity index (χ4v) is 2.71. The summed E-state index contributed by atoms with van der Waals surface area (Å²) in [5, 5.41) is 0. The van der Waals surface area contributed by atoms with Crippen molar-refractivity contribution in [3.8, 4) is 0 Å². The van der Waals surface area contributed by atoms with Crippen molar-refractivity contribution in [2.24, 2.45) is 0 Å². The van der Waals surface area contributed by atoms with E-state index >= 15 is 0 Å². The van der Waals surface area contributed by atoms with Gasteiger partial charge in [-0.2, -0.15) is 0 Å². The van der Waals surface area contributed by atoms with E-state index in [2.05, 4.69) is 15.9 Å². The highest BCUT2D eigenvalue weighted by atomic mass is 79.9. The summed E-state index contributed by atoms with van der Waals surface area (Å²) in [7, 11) is -3.15. The minimum atomic E-state index is -3.15. The molecule has 2 rings (SSSR count). The summed E-state index contributed by atoms with van der Waals surface area (Å²) >= 11 is 3.30. The third-order valence-electron chi connectivity index (χ3n) is 2.84. The summed E-state index contributed by atoms with van der Waals surface area (Å²) in [6.45, 7) is 0. The molecule has 0 aromatic heterocycles. The van der Waals surface area contributed by atoms with Gasteiger partial charge >= 0.3 is 0 Å². The standard InChI is InChI=1S/C13H13BrO2S/c1-17(15,16)13(14)9-7-12(8-10-13)11-5-3-2-4-6-11/h2-9H,10H2,1H3. The Morgan fingerprint density at radius 1 is 1.24 bits per heavy atom. The van der Waals surface area contributed by atoms with E-state index in [9.17, 15) is 8.42 Å². The fraction of sp³-hybridized carbons (Fsp3) is 0.231. The molecule has 1 aromatic rings. The lowest BCUT2D eigenvalue weighted by Gasteiger charge is -2.24. The average molecular weight is 313 g/mol. The molecule has 0 saturated heterocycles. The third kappa shape index (κ3) is 2.53. The second-order valence-electron chi connectivity index (χ2n) is 4.12. The van der Waals surface area contributed by atoms with Crippen molar-refractivity contribution in [2.45, 2.75) is 10.1 Å². The monoisotopic (exact) mass is 312 g/mol. The van der Waals surface area contributed by atoms with Gasteiger partial charge in [0.15, 0.2) is 9.84 Å². The highest BCUT2D eigenvalue weighted by Gasteiger charge is 2.35. The van der Waals surface area contributed by atoms with Gasteiger partial charge in [-0.05, 0) is 17.6 Å². The Morgan fingerprint density at radius 3 is 2.35 bits per heavy atom. The zero-order chi connectivity index (χ0) is 12.5. The van der Waals surface area contributed by atoms with Crippen LogP contribution in [0.5, 0.6) is 0 Å². The summed E-state index contributed by atoms with van der Waals surface area (Å²) in [5.41, 5.74) is 2.16. The van der Waals surface area contributed by atoms with Crippen molar-refractivity contribution in [2.75, 3.05) is 6.26 Å². The third-order valence-corrected chi connectivity index (χ3v) is 6.72. The Kier molecular flexibility index (Phi) is 3.27. The topological polar surface area (TPSA) is 34.1 Å². The van der Waals surface area contributed by atoms with Crippen LogP contribution in [0.25, 0.3) is 5.57 Å². The Bertz CT molecular complexity index is 573. The summed E-state index contributed by atoms with van der Waals surface area (Å²) in [6, 6.07) is 9.92. The first kappa shape index (κ1) is 12.6. The number of halogens is 1. The van der Waals surface area contributed by atoms with Gasteiger partial charge in [-0.1, -0.05) is 64.5 Å². The summed E-state index contributed by atoms with van der Waals surface area (Å²) in [5.74, 6) is 0. The van der Waals surface area contributed by atoms with Crippen molar-refractivity contribution in [3.63, 3.8) is 0 Å². The van der Waals surface area contributed by atoms with Gasteiger partial charge in [0, 0.05) is 6.26 Å². The Balaban J connectivity index is 2.29. The molecule has 1 aliphatic rings. The second kappa shape index (κ2) is 4.42. The number of benzene rings is 1. The first-order chi connectivity index (χ1) is 7.92. The van der Waals surface area contributed by atoms with E-state index in [4.69, 9.17) is 0 Å². The molecule has 0 aliphatic heterocycles. The number of hydrogen-bond acceptors (Lipinski definition) is 2. The van der Waals surface area contributed by atoms with Crippen LogP contribution < -0.4 is 0 Å². The van der Waals surface area contributed by atoms with Crippen molar-refractivity contribution in [1.82, 2.24) is 0 Å². The van der Waals surface area contributed by atoms with Gasteiger partial charge in [-0.15, -0.1) is 0 Å². The second-order valence-corrected chi connectivity index (χ2v) is 8.33. The Labute approximate surface area is 110 Å². The van der Waals surface area contributed by atoms with E-state index in [1.807, 2.05) is 42.5 Å². The lowest BCUT2D eigenvalue weighted by molar-refractivity contribution is 0.591. The molecule has 17 heavy (non-hydrogen) atoms. The molecular weight excluding hydrogens is 300 g/mol. The smallest absolute Gasteiger partial charge is 0.167 e. The van der Waals surface area contributed by atoms with Gasteiger partial charge in [0.25, 0.3) is 0 Å². The summed E-state index contributed by atoms with van der Waals surface area (Å²) in [4.78, 5) is 0. The zero-order valence-corrected chi connectivity index (χ0v) is 11.8. The Morgan fingerprint density at radius 2 is 1.88 bits per heavy atom. The van der Waals surface area contributed by atoms with E-state index in [1.165, 1.54) is 6.26 Å². The number of rotatable bonds is 2. The van der Waals surface area contributed by atoms with Crippen LogP contribution >= 0.6 is 15.9 Å². The lowest BCUT2D eigenvalue weighted by Crippen LogP contribution is -2.29. The van der Waals surface area contributed by atoms with Crippen LogP contribution in [0.4, 0.5) is 0 Å². The maximum Gasteiger partial charge on any atom is 0.167 e. The highest BCUT2D eigenvalue weighted by molar-refractivity contribution is 9.11. The predicted octanol–water partition coefficient (Wildman–Crippen LogP) is 3.17. The van der Waals surface area contributed by atoms with Crippen molar-refractivity contribution >= 4 is 31.3 Å². The number of hydrogen-bond donors (Lipinski definition) is 0. The fourth-order valence-electron chi connectivity index (χ4n) is 1.72. The normalized spacial score (nSPS) is 24.5. The maximum atomic E-state index is 11.6. The molecule has 0 bridgehead atoms. The predicted molar refractivity (Wildman–Crippen MR) is 74.7 cm³/mol. The molecule has 90 valence electrons. The number of alkyl halides is 1. The molecule has 0 N–H and O–H groups in total. The minimum Gasteiger partial charge on any atom is -0.227 e. The number of allylic oxidation sites excluding steroid dienone is 3. The average Bonchev–Trinajstić information content (AvgIpc) is 2.30. The molecule has 0 saturated carbocycles. The van der Waals surface area contributed by atoms with E-state index in [0.29, 0.717) is 6.42 Å². The summed E-state index contributed by atoms with van der Waals surface area (Å²) in [6.07, 6.45) is 7.21. The molecule has 4 heteroatoms. The van der Waals surface area contributed by atoms with Crippen LogP contribution in [0.15, 0.2) is 48.6 Å². The maximum absolute atomic E-state index is 11.6. The Hall–Kier alpha value is -0.870. The molecule has 0 heterocycles. The highest BCUT2D eigenvalue weighted by Crippen LogP contribution is 2.36. The SMILES string of the molecule is CS(=O)(=O)C1(Br)C=CC(c2ccccc2)=CC1. The molecule has 1 atom stereocenters. The first-order valence-electron chi connectivity index (χ1n) is 5.26. The van der Waals surface area contributed by atoms with Crippen LogP contribution in [-0.2, 0) is 9.84 Å². The quantitative estimate of drug-likeness (QED) is 0.786. The largest absolute Gasteiger partial charge is 0.227 e. The minimum absolute atomic E-state index is 0.451. The van der Waals surface area contributed by atoms with Crippen LogP contribution in [0.2, 0.25) is 0 Å². The van der Waals surface area contributed by atoms with Gasteiger partial charge in [0.2, 0.25) is 0 Å². The van der Waals surface area contributed by atoms with E-state index < -0.39 is 13.5 Å². The van der Waals surface area contributed by atoms with Crippen molar-refractivity contribution < 1.29 is 8.42 Å². The van der Waals surface area contributed by atoms with Crippen molar-refractivity contribution in [3.05, 3.63) is 54.1 Å². The molecule has 1 unspecified atom stereocenters.